The third-order valence-corrected chi connectivity index (χ3v) is 5.54. The van der Waals surface area contributed by atoms with Gasteiger partial charge in [-0.1, -0.05) is 42.5 Å². The van der Waals surface area contributed by atoms with Crippen LogP contribution >= 0.6 is 11.9 Å². The van der Waals surface area contributed by atoms with Gasteiger partial charge < -0.3 is 4.90 Å². The fourth-order valence-corrected chi connectivity index (χ4v) is 4.02. The second-order valence-corrected chi connectivity index (χ2v) is 7.99. The third kappa shape index (κ3) is 5.20. The van der Waals surface area contributed by atoms with Gasteiger partial charge in [0.25, 0.3) is 5.91 Å². The second-order valence-electron chi connectivity index (χ2n) is 6.82. The molecule has 3 rings (SSSR count). The van der Waals surface area contributed by atoms with E-state index in [9.17, 15) is 4.79 Å². The van der Waals surface area contributed by atoms with Crippen LogP contribution in [0.4, 0.5) is 0 Å². The van der Waals surface area contributed by atoms with Gasteiger partial charge in [-0.25, -0.2) is 9.79 Å². The van der Waals surface area contributed by atoms with E-state index in [4.69, 9.17) is 5.21 Å². The van der Waals surface area contributed by atoms with Crippen molar-refractivity contribution < 1.29 is 10.0 Å². The smallest absolute Gasteiger partial charge is 0.270 e. The summed E-state index contributed by atoms with van der Waals surface area (Å²) in [7, 11) is 4.17. The van der Waals surface area contributed by atoms with Crippen LogP contribution in [0.3, 0.4) is 0 Å². The lowest BCUT2D eigenvalue weighted by molar-refractivity contribution is -0.125. The molecule has 1 aliphatic rings. The Bertz CT molecular complexity index is 818. The number of hydrogen-bond acceptors (Lipinski definition) is 5. The standard InChI is InChI=1S/C21H25N3O2S/c1-23(2)15-18-5-3-4-6-20(18)16-7-9-19(10-8-16)27-24-13-11-17(12-14-24)21(25)22-26/h3-11,26H,12-15H2,1-2H3,(H,22,25). The highest BCUT2D eigenvalue weighted by atomic mass is 32.2. The highest BCUT2D eigenvalue weighted by molar-refractivity contribution is 7.97. The first kappa shape index (κ1) is 19.6. The van der Waals surface area contributed by atoms with Gasteiger partial charge in [0.1, 0.15) is 0 Å². The number of amides is 1. The van der Waals surface area contributed by atoms with E-state index in [2.05, 4.69) is 71.8 Å². The predicted molar refractivity (Wildman–Crippen MR) is 109 cm³/mol. The van der Waals surface area contributed by atoms with Gasteiger partial charge in [-0.15, -0.1) is 0 Å². The first-order valence-electron chi connectivity index (χ1n) is 8.96. The summed E-state index contributed by atoms with van der Waals surface area (Å²) in [6.45, 7) is 2.37. The fourth-order valence-electron chi connectivity index (χ4n) is 3.14. The summed E-state index contributed by atoms with van der Waals surface area (Å²) in [5.41, 5.74) is 6.15. The van der Waals surface area contributed by atoms with Gasteiger partial charge in [-0.05, 0) is 61.3 Å². The fraction of sp³-hybridized carbons (Fsp3) is 0.286. The zero-order valence-corrected chi connectivity index (χ0v) is 16.5. The molecule has 0 fully saturated rings. The summed E-state index contributed by atoms with van der Waals surface area (Å²) in [6, 6.07) is 17.1. The molecule has 2 aromatic carbocycles. The van der Waals surface area contributed by atoms with E-state index in [0.29, 0.717) is 18.5 Å². The summed E-state index contributed by atoms with van der Waals surface area (Å²) in [5.74, 6) is -0.402. The summed E-state index contributed by atoms with van der Waals surface area (Å²) in [4.78, 5) is 14.8. The van der Waals surface area contributed by atoms with Crippen LogP contribution in [0.1, 0.15) is 12.0 Å². The molecular weight excluding hydrogens is 358 g/mol. The Kier molecular flexibility index (Phi) is 6.68. The number of carbonyl (C=O) groups excluding carboxylic acids is 1. The Morgan fingerprint density at radius 2 is 1.93 bits per heavy atom. The lowest BCUT2D eigenvalue weighted by Crippen LogP contribution is -2.29. The van der Waals surface area contributed by atoms with E-state index in [1.165, 1.54) is 21.6 Å². The molecule has 1 amide bonds. The molecule has 0 unspecified atom stereocenters. The predicted octanol–water partition coefficient (Wildman–Crippen LogP) is 3.56. The summed E-state index contributed by atoms with van der Waals surface area (Å²) >= 11 is 1.69. The minimum absolute atomic E-state index is 0.402. The van der Waals surface area contributed by atoms with Gasteiger partial charge in [0.05, 0.1) is 0 Å². The monoisotopic (exact) mass is 383 g/mol. The zero-order valence-electron chi connectivity index (χ0n) is 15.7. The van der Waals surface area contributed by atoms with Gasteiger partial charge >= 0.3 is 0 Å². The molecule has 0 spiro atoms. The molecular formula is C21H25N3O2S. The minimum Gasteiger partial charge on any atom is -0.305 e. The highest BCUT2D eigenvalue weighted by Gasteiger charge is 2.17. The number of nitrogens with one attached hydrogen (secondary N) is 1. The topological polar surface area (TPSA) is 55.8 Å². The molecule has 0 saturated heterocycles. The van der Waals surface area contributed by atoms with E-state index in [-0.39, 0.29) is 0 Å². The SMILES string of the molecule is CN(C)Cc1ccccc1-c1ccc(SN2CC=C(C(=O)NO)CC2)cc1. The third-order valence-electron chi connectivity index (χ3n) is 4.47. The second kappa shape index (κ2) is 9.19. The van der Waals surface area contributed by atoms with Crippen LogP contribution in [0.5, 0.6) is 0 Å². The minimum atomic E-state index is -0.402. The first-order valence-corrected chi connectivity index (χ1v) is 9.73. The summed E-state index contributed by atoms with van der Waals surface area (Å²) in [5, 5.41) is 8.71. The van der Waals surface area contributed by atoms with Crippen molar-refractivity contribution in [2.75, 3.05) is 27.2 Å². The van der Waals surface area contributed by atoms with E-state index < -0.39 is 5.91 Å². The summed E-state index contributed by atoms with van der Waals surface area (Å²) < 4.78 is 2.21. The van der Waals surface area contributed by atoms with E-state index in [1.54, 1.807) is 17.4 Å². The Balaban J connectivity index is 1.67. The molecule has 0 aromatic heterocycles. The Morgan fingerprint density at radius 1 is 1.19 bits per heavy atom. The van der Waals surface area contributed by atoms with Crippen molar-refractivity contribution in [1.29, 1.82) is 0 Å². The number of rotatable bonds is 6. The Morgan fingerprint density at radius 3 is 2.56 bits per heavy atom. The average molecular weight is 384 g/mol. The van der Waals surface area contributed by atoms with Crippen molar-refractivity contribution in [1.82, 2.24) is 14.7 Å². The normalized spacial score (nSPS) is 14.9. The van der Waals surface area contributed by atoms with Crippen LogP contribution in [0, 0.1) is 0 Å². The number of hydrogen-bond donors (Lipinski definition) is 2. The maximum atomic E-state index is 11.4. The molecule has 2 N–H and O–H groups in total. The Labute approximate surface area is 164 Å². The van der Waals surface area contributed by atoms with Gasteiger partial charge in [0.15, 0.2) is 0 Å². The largest absolute Gasteiger partial charge is 0.305 e. The zero-order chi connectivity index (χ0) is 19.2. The maximum absolute atomic E-state index is 11.4. The van der Waals surface area contributed by atoms with E-state index in [0.717, 1.165) is 13.1 Å². The van der Waals surface area contributed by atoms with Crippen molar-refractivity contribution in [3.05, 3.63) is 65.7 Å². The quantitative estimate of drug-likeness (QED) is 0.454. The molecule has 0 radical (unpaired) electrons. The molecule has 6 heteroatoms. The number of benzene rings is 2. The Hall–Kier alpha value is -2.12. The molecule has 0 bridgehead atoms. The van der Waals surface area contributed by atoms with E-state index >= 15 is 0 Å². The van der Waals surface area contributed by atoms with Gasteiger partial charge in [-0.3, -0.25) is 10.0 Å². The van der Waals surface area contributed by atoms with Crippen LogP contribution in [0.15, 0.2) is 65.1 Å². The van der Waals surface area contributed by atoms with Crippen molar-refractivity contribution in [3.8, 4) is 11.1 Å². The molecule has 2 aromatic rings. The molecule has 5 nitrogen and oxygen atoms in total. The van der Waals surface area contributed by atoms with E-state index in [1.807, 2.05) is 6.08 Å². The number of nitrogens with zero attached hydrogens (tertiary/aromatic N) is 2. The van der Waals surface area contributed by atoms with Gasteiger partial charge in [-0.2, -0.15) is 0 Å². The first-order chi connectivity index (χ1) is 13.1. The lowest BCUT2D eigenvalue weighted by Gasteiger charge is -2.24. The van der Waals surface area contributed by atoms with Crippen LogP contribution in [0.25, 0.3) is 11.1 Å². The van der Waals surface area contributed by atoms with Gasteiger partial charge in [0.2, 0.25) is 0 Å². The molecule has 0 atom stereocenters. The molecule has 1 heterocycles. The number of carbonyl (C=O) groups is 1. The van der Waals surface area contributed by atoms with Crippen molar-refractivity contribution in [2.45, 2.75) is 17.9 Å². The maximum Gasteiger partial charge on any atom is 0.270 e. The number of hydroxylamine groups is 1. The average Bonchev–Trinajstić information content (AvgIpc) is 2.69. The van der Waals surface area contributed by atoms with Crippen molar-refractivity contribution in [2.24, 2.45) is 0 Å². The van der Waals surface area contributed by atoms with Crippen LogP contribution in [-0.2, 0) is 11.3 Å². The van der Waals surface area contributed by atoms with Crippen molar-refractivity contribution in [3.63, 3.8) is 0 Å². The van der Waals surface area contributed by atoms with Crippen molar-refractivity contribution >= 4 is 17.9 Å². The molecule has 0 saturated carbocycles. The molecule has 142 valence electrons. The van der Waals surface area contributed by atoms with Crippen LogP contribution < -0.4 is 5.48 Å². The van der Waals surface area contributed by atoms with Crippen LogP contribution in [-0.4, -0.2) is 47.5 Å². The molecule has 0 aliphatic carbocycles. The summed E-state index contributed by atoms with van der Waals surface area (Å²) in [6.07, 6.45) is 2.50. The van der Waals surface area contributed by atoms with Crippen LogP contribution in [0.2, 0.25) is 0 Å². The van der Waals surface area contributed by atoms with Gasteiger partial charge in [0, 0.05) is 30.1 Å². The highest BCUT2D eigenvalue weighted by Crippen LogP contribution is 2.30. The lowest BCUT2D eigenvalue weighted by atomic mass is 9.99. The molecule has 27 heavy (non-hydrogen) atoms. The molecule has 1 aliphatic heterocycles.